The summed E-state index contributed by atoms with van der Waals surface area (Å²) in [6, 6.07) is 9.30. The van der Waals surface area contributed by atoms with E-state index >= 15 is 0 Å². The SMILES string of the molecule is CCOC(=O)C(N)(CCSc1ncn[nH]1)c1ccccc1. The average molecular weight is 306 g/mol. The van der Waals surface area contributed by atoms with Crippen LogP contribution in [0.1, 0.15) is 18.9 Å². The van der Waals surface area contributed by atoms with Gasteiger partial charge in [-0.3, -0.25) is 5.10 Å². The minimum absolute atomic E-state index is 0.305. The smallest absolute Gasteiger partial charge is 0.330 e. The van der Waals surface area contributed by atoms with Crippen LogP contribution in [0.3, 0.4) is 0 Å². The number of carbonyl (C=O) groups excluding carboxylic acids is 1. The molecule has 1 unspecified atom stereocenters. The largest absolute Gasteiger partial charge is 0.464 e. The Morgan fingerprint density at radius 2 is 2.19 bits per heavy atom. The second-order valence-corrected chi connectivity index (χ2v) is 5.53. The van der Waals surface area contributed by atoms with Crippen molar-refractivity contribution in [3.05, 3.63) is 42.2 Å². The molecule has 0 aliphatic rings. The molecule has 3 N–H and O–H groups in total. The van der Waals surface area contributed by atoms with E-state index in [0.29, 0.717) is 23.9 Å². The van der Waals surface area contributed by atoms with Crippen molar-refractivity contribution in [2.75, 3.05) is 12.4 Å². The molecule has 1 heterocycles. The molecule has 0 amide bonds. The molecule has 0 aliphatic carbocycles. The lowest BCUT2D eigenvalue weighted by molar-refractivity contribution is -0.150. The Kier molecular flexibility index (Phi) is 5.35. The number of thioether (sulfide) groups is 1. The number of ether oxygens (including phenoxy) is 1. The molecule has 21 heavy (non-hydrogen) atoms. The van der Waals surface area contributed by atoms with Crippen molar-refractivity contribution in [3.8, 4) is 0 Å². The number of benzene rings is 1. The number of esters is 1. The number of H-pyrrole nitrogens is 1. The van der Waals surface area contributed by atoms with Crippen LogP contribution in [-0.2, 0) is 15.1 Å². The second-order valence-electron chi connectivity index (χ2n) is 4.45. The van der Waals surface area contributed by atoms with Gasteiger partial charge >= 0.3 is 5.97 Å². The zero-order valence-electron chi connectivity index (χ0n) is 11.8. The first kappa shape index (κ1) is 15.5. The second kappa shape index (κ2) is 7.24. The Bertz CT molecular complexity index is 562. The van der Waals surface area contributed by atoms with Gasteiger partial charge in [0.15, 0.2) is 5.16 Å². The summed E-state index contributed by atoms with van der Waals surface area (Å²) in [5.74, 6) is 0.216. The Balaban J connectivity index is 2.10. The summed E-state index contributed by atoms with van der Waals surface area (Å²) in [4.78, 5) is 16.3. The van der Waals surface area contributed by atoms with Crippen molar-refractivity contribution in [1.29, 1.82) is 0 Å². The Labute approximate surface area is 127 Å². The number of carbonyl (C=O) groups is 1. The molecular formula is C14H18N4O2S. The Hall–Kier alpha value is -1.86. The van der Waals surface area contributed by atoms with Crippen LogP contribution in [0.5, 0.6) is 0 Å². The monoisotopic (exact) mass is 306 g/mol. The van der Waals surface area contributed by atoms with Crippen LogP contribution in [0.4, 0.5) is 0 Å². The van der Waals surface area contributed by atoms with Crippen molar-refractivity contribution in [1.82, 2.24) is 15.2 Å². The van der Waals surface area contributed by atoms with E-state index in [4.69, 9.17) is 10.5 Å². The molecule has 7 heteroatoms. The van der Waals surface area contributed by atoms with E-state index in [9.17, 15) is 4.79 Å². The van der Waals surface area contributed by atoms with Gasteiger partial charge in [-0.2, -0.15) is 5.10 Å². The fourth-order valence-corrected chi connectivity index (χ4v) is 2.79. The maximum atomic E-state index is 12.3. The minimum atomic E-state index is -1.15. The normalized spacial score (nSPS) is 13.6. The molecular weight excluding hydrogens is 288 g/mol. The van der Waals surface area contributed by atoms with Gasteiger partial charge in [-0.05, 0) is 18.9 Å². The number of aromatic nitrogens is 3. The van der Waals surface area contributed by atoms with Crippen LogP contribution in [0.2, 0.25) is 0 Å². The molecule has 0 fully saturated rings. The zero-order chi connectivity index (χ0) is 15.1. The lowest BCUT2D eigenvalue weighted by Gasteiger charge is -2.27. The lowest BCUT2D eigenvalue weighted by Crippen LogP contribution is -2.46. The quantitative estimate of drug-likeness (QED) is 0.597. The van der Waals surface area contributed by atoms with E-state index in [2.05, 4.69) is 15.2 Å². The number of nitrogens with one attached hydrogen (secondary N) is 1. The molecule has 0 saturated heterocycles. The fourth-order valence-electron chi connectivity index (χ4n) is 1.93. The van der Waals surface area contributed by atoms with Gasteiger partial charge in [0.05, 0.1) is 6.61 Å². The highest BCUT2D eigenvalue weighted by molar-refractivity contribution is 7.99. The molecule has 0 spiro atoms. The first-order chi connectivity index (χ1) is 10.2. The maximum absolute atomic E-state index is 12.3. The van der Waals surface area contributed by atoms with E-state index in [1.807, 2.05) is 30.3 Å². The molecule has 1 atom stereocenters. The number of nitrogens with two attached hydrogens (primary N) is 1. The van der Waals surface area contributed by atoms with Crippen LogP contribution in [0, 0.1) is 0 Å². The number of hydrogen-bond acceptors (Lipinski definition) is 6. The molecule has 2 rings (SSSR count). The van der Waals surface area contributed by atoms with E-state index in [0.717, 1.165) is 5.56 Å². The van der Waals surface area contributed by atoms with Crippen molar-refractivity contribution in [2.24, 2.45) is 5.73 Å². The highest BCUT2D eigenvalue weighted by atomic mass is 32.2. The minimum Gasteiger partial charge on any atom is -0.464 e. The first-order valence-corrected chi connectivity index (χ1v) is 7.65. The third-order valence-electron chi connectivity index (χ3n) is 3.06. The third kappa shape index (κ3) is 3.83. The molecule has 112 valence electrons. The molecule has 2 aromatic rings. The standard InChI is InChI=1S/C14H18N4O2S/c1-2-20-12(19)14(15,11-6-4-3-5-7-11)8-9-21-13-16-10-17-18-13/h3-7,10H,2,8-9,15H2,1H3,(H,16,17,18). The van der Waals surface area contributed by atoms with Gasteiger partial charge in [-0.1, -0.05) is 42.1 Å². The van der Waals surface area contributed by atoms with E-state index in [1.54, 1.807) is 6.92 Å². The summed E-state index contributed by atoms with van der Waals surface area (Å²) >= 11 is 1.47. The molecule has 0 radical (unpaired) electrons. The molecule has 6 nitrogen and oxygen atoms in total. The van der Waals surface area contributed by atoms with Gasteiger partial charge in [0.2, 0.25) is 0 Å². The summed E-state index contributed by atoms with van der Waals surface area (Å²) in [5.41, 5.74) is 5.96. The van der Waals surface area contributed by atoms with Crippen molar-refractivity contribution >= 4 is 17.7 Å². The van der Waals surface area contributed by atoms with Crippen LogP contribution in [0.15, 0.2) is 41.8 Å². The third-order valence-corrected chi connectivity index (χ3v) is 3.94. The van der Waals surface area contributed by atoms with Crippen molar-refractivity contribution in [2.45, 2.75) is 24.0 Å². The summed E-state index contributed by atoms with van der Waals surface area (Å²) < 4.78 is 5.14. The van der Waals surface area contributed by atoms with E-state index in [-0.39, 0.29) is 0 Å². The molecule has 1 aromatic heterocycles. The summed E-state index contributed by atoms with van der Waals surface area (Å²) in [6.45, 7) is 2.08. The first-order valence-electron chi connectivity index (χ1n) is 6.66. The van der Waals surface area contributed by atoms with E-state index in [1.165, 1.54) is 18.1 Å². The highest BCUT2D eigenvalue weighted by Gasteiger charge is 2.37. The number of hydrogen-bond donors (Lipinski definition) is 2. The highest BCUT2D eigenvalue weighted by Crippen LogP contribution is 2.27. The summed E-state index contributed by atoms with van der Waals surface area (Å²) in [7, 11) is 0. The van der Waals surface area contributed by atoms with Gasteiger partial charge in [-0.25, -0.2) is 9.78 Å². The van der Waals surface area contributed by atoms with Crippen LogP contribution < -0.4 is 5.73 Å². The predicted molar refractivity (Wildman–Crippen MR) is 80.7 cm³/mol. The van der Waals surface area contributed by atoms with Gasteiger partial charge in [0, 0.05) is 5.75 Å². The molecule has 0 bridgehead atoms. The average Bonchev–Trinajstić information content (AvgIpc) is 3.01. The van der Waals surface area contributed by atoms with Crippen LogP contribution >= 0.6 is 11.8 Å². The van der Waals surface area contributed by atoms with Crippen LogP contribution in [-0.4, -0.2) is 33.5 Å². The van der Waals surface area contributed by atoms with Crippen LogP contribution in [0.25, 0.3) is 0 Å². The number of nitrogens with zero attached hydrogens (tertiary/aromatic N) is 2. The zero-order valence-corrected chi connectivity index (χ0v) is 12.6. The fraction of sp³-hybridized carbons (Fsp3) is 0.357. The van der Waals surface area contributed by atoms with Crippen molar-refractivity contribution in [3.63, 3.8) is 0 Å². The van der Waals surface area contributed by atoms with Gasteiger partial charge < -0.3 is 10.5 Å². The van der Waals surface area contributed by atoms with Gasteiger partial charge in [0.1, 0.15) is 11.9 Å². The Morgan fingerprint density at radius 1 is 1.43 bits per heavy atom. The Morgan fingerprint density at radius 3 is 2.81 bits per heavy atom. The summed E-state index contributed by atoms with van der Waals surface area (Å²) in [6.07, 6.45) is 1.89. The molecule has 0 saturated carbocycles. The maximum Gasteiger partial charge on any atom is 0.330 e. The van der Waals surface area contributed by atoms with Gasteiger partial charge in [0.25, 0.3) is 0 Å². The molecule has 0 aliphatic heterocycles. The lowest BCUT2D eigenvalue weighted by atomic mass is 9.88. The molecule has 1 aromatic carbocycles. The number of aromatic amines is 1. The predicted octanol–water partition coefficient (Wildman–Crippen LogP) is 1.70. The number of rotatable bonds is 7. The van der Waals surface area contributed by atoms with Gasteiger partial charge in [-0.15, -0.1) is 0 Å². The summed E-state index contributed by atoms with van der Waals surface area (Å²) in [5, 5.41) is 7.25. The topological polar surface area (TPSA) is 93.9 Å². The van der Waals surface area contributed by atoms with Crippen molar-refractivity contribution < 1.29 is 9.53 Å². The van der Waals surface area contributed by atoms with E-state index < -0.39 is 11.5 Å².